The van der Waals surface area contributed by atoms with Gasteiger partial charge in [0, 0.05) is 4.88 Å². The van der Waals surface area contributed by atoms with Crippen LogP contribution < -0.4 is 10.3 Å². The van der Waals surface area contributed by atoms with E-state index in [1.165, 1.54) is 11.3 Å². The van der Waals surface area contributed by atoms with Crippen LogP contribution in [0.4, 0.5) is 0 Å². The molecule has 1 N–H and O–H groups in total. The number of rotatable bonds is 5. The largest absolute Gasteiger partial charge is 0.497 e. The SMILES string of the molecule is COc1cccc(CC(=O)O[C@@H](C)c2nc3sc(C)c(C)c3c(=O)[nH]2)c1. The number of benzene rings is 1. The number of carbonyl (C=O) groups excluding carboxylic acids is 1. The Kier molecular flexibility index (Phi) is 5.08. The van der Waals surface area contributed by atoms with Crippen molar-refractivity contribution in [1.82, 2.24) is 9.97 Å². The van der Waals surface area contributed by atoms with Crippen molar-refractivity contribution in [2.24, 2.45) is 0 Å². The number of aromatic amines is 1. The van der Waals surface area contributed by atoms with Crippen LogP contribution in [0, 0.1) is 13.8 Å². The molecule has 1 atom stereocenters. The van der Waals surface area contributed by atoms with Crippen LogP contribution in [0.1, 0.15) is 34.9 Å². The van der Waals surface area contributed by atoms with E-state index in [9.17, 15) is 9.59 Å². The van der Waals surface area contributed by atoms with Gasteiger partial charge in [-0.25, -0.2) is 4.98 Å². The fourth-order valence-electron chi connectivity index (χ4n) is 2.71. The maximum Gasteiger partial charge on any atom is 0.310 e. The summed E-state index contributed by atoms with van der Waals surface area (Å²) in [5.41, 5.74) is 1.53. The molecule has 7 heteroatoms. The van der Waals surface area contributed by atoms with Gasteiger partial charge in [0.2, 0.25) is 0 Å². The van der Waals surface area contributed by atoms with Gasteiger partial charge in [-0.1, -0.05) is 12.1 Å². The van der Waals surface area contributed by atoms with E-state index < -0.39 is 12.1 Å². The maximum atomic E-state index is 12.3. The summed E-state index contributed by atoms with van der Waals surface area (Å²) in [5, 5.41) is 0.603. The number of aryl methyl sites for hydroxylation is 2. The van der Waals surface area contributed by atoms with Gasteiger partial charge in [0.15, 0.2) is 11.9 Å². The molecule has 0 fully saturated rings. The van der Waals surface area contributed by atoms with Crippen molar-refractivity contribution in [3.63, 3.8) is 0 Å². The summed E-state index contributed by atoms with van der Waals surface area (Å²) in [6.07, 6.45) is -0.529. The summed E-state index contributed by atoms with van der Waals surface area (Å²) >= 11 is 1.46. The van der Waals surface area contributed by atoms with Gasteiger partial charge >= 0.3 is 5.97 Å². The Labute approximate surface area is 154 Å². The van der Waals surface area contributed by atoms with Crippen molar-refractivity contribution in [1.29, 1.82) is 0 Å². The Morgan fingerprint density at radius 3 is 2.85 bits per heavy atom. The van der Waals surface area contributed by atoms with E-state index in [0.29, 0.717) is 21.8 Å². The Hall–Kier alpha value is -2.67. The maximum absolute atomic E-state index is 12.3. The molecule has 0 saturated heterocycles. The van der Waals surface area contributed by atoms with Crippen LogP contribution in [0.2, 0.25) is 0 Å². The summed E-state index contributed by atoms with van der Waals surface area (Å²) in [4.78, 5) is 33.5. The third-order valence-electron chi connectivity index (χ3n) is 4.23. The Bertz CT molecular complexity index is 1020. The number of aromatic nitrogens is 2. The Morgan fingerprint density at radius 1 is 1.35 bits per heavy atom. The molecule has 0 spiro atoms. The Balaban J connectivity index is 1.77. The van der Waals surface area contributed by atoms with Gasteiger partial charge in [0.05, 0.1) is 18.9 Å². The highest BCUT2D eigenvalue weighted by atomic mass is 32.1. The fraction of sp³-hybridized carbons (Fsp3) is 0.316. The first-order valence-corrected chi connectivity index (χ1v) is 9.03. The van der Waals surface area contributed by atoms with Crippen molar-refractivity contribution >= 4 is 27.5 Å². The number of methoxy groups -OCH3 is 1. The van der Waals surface area contributed by atoms with Gasteiger partial charge in [-0.3, -0.25) is 9.59 Å². The van der Waals surface area contributed by atoms with Gasteiger partial charge in [-0.2, -0.15) is 0 Å². The van der Waals surface area contributed by atoms with Gasteiger partial charge in [-0.05, 0) is 44.0 Å². The molecule has 0 aliphatic carbocycles. The highest BCUT2D eigenvalue weighted by Gasteiger charge is 2.18. The molecular formula is C19H20N2O4S. The second-order valence-electron chi connectivity index (χ2n) is 6.07. The lowest BCUT2D eigenvalue weighted by Crippen LogP contribution is -2.18. The molecule has 136 valence electrons. The normalized spacial score (nSPS) is 12.2. The van der Waals surface area contributed by atoms with Crippen molar-refractivity contribution in [2.75, 3.05) is 7.11 Å². The zero-order valence-corrected chi connectivity index (χ0v) is 15.9. The average molecular weight is 372 g/mol. The average Bonchev–Trinajstić information content (AvgIpc) is 2.89. The van der Waals surface area contributed by atoms with Crippen LogP contribution >= 0.6 is 11.3 Å². The molecule has 26 heavy (non-hydrogen) atoms. The molecule has 6 nitrogen and oxygen atoms in total. The third-order valence-corrected chi connectivity index (χ3v) is 5.33. The number of esters is 1. The predicted octanol–water partition coefficient (Wildman–Crippen LogP) is 3.46. The summed E-state index contributed by atoms with van der Waals surface area (Å²) in [7, 11) is 1.58. The first-order chi connectivity index (χ1) is 12.4. The van der Waals surface area contributed by atoms with E-state index in [2.05, 4.69) is 9.97 Å². The summed E-state index contributed by atoms with van der Waals surface area (Å²) in [5.74, 6) is 0.637. The first-order valence-electron chi connectivity index (χ1n) is 8.21. The molecule has 0 bridgehead atoms. The van der Waals surface area contributed by atoms with E-state index in [1.807, 2.05) is 32.0 Å². The van der Waals surface area contributed by atoms with Gasteiger partial charge in [0.1, 0.15) is 10.6 Å². The van der Waals surface area contributed by atoms with Crippen LogP contribution in [0.5, 0.6) is 5.75 Å². The Morgan fingerprint density at radius 2 is 2.12 bits per heavy atom. The van der Waals surface area contributed by atoms with Crippen molar-refractivity contribution < 1.29 is 14.3 Å². The van der Waals surface area contributed by atoms with Crippen LogP contribution in [0.25, 0.3) is 10.2 Å². The zero-order chi connectivity index (χ0) is 18.8. The summed E-state index contributed by atoms with van der Waals surface area (Å²) < 4.78 is 10.6. The van der Waals surface area contributed by atoms with Gasteiger partial charge in [-0.15, -0.1) is 11.3 Å². The molecule has 0 aliphatic heterocycles. The topological polar surface area (TPSA) is 81.3 Å². The second-order valence-corrected chi connectivity index (χ2v) is 7.28. The lowest BCUT2D eigenvalue weighted by atomic mass is 10.1. The van der Waals surface area contributed by atoms with Gasteiger partial charge in [0.25, 0.3) is 5.56 Å². The minimum atomic E-state index is -0.645. The fourth-order valence-corrected chi connectivity index (χ4v) is 3.74. The smallest absolute Gasteiger partial charge is 0.310 e. The molecule has 3 aromatic rings. The van der Waals surface area contributed by atoms with Crippen molar-refractivity contribution in [3.8, 4) is 5.75 Å². The number of hydrogen-bond acceptors (Lipinski definition) is 6. The van der Waals surface area contributed by atoms with E-state index in [4.69, 9.17) is 9.47 Å². The molecular weight excluding hydrogens is 352 g/mol. The number of fused-ring (bicyclic) bond motifs is 1. The quantitative estimate of drug-likeness (QED) is 0.694. The minimum absolute atomic E-state index is 0.116. The summed E-state index contributed by atoms with van der Waals surface area (Å²) in [6, 6.07) is 7.25. The molecule has 0 unspecified atom stereocenters. The number of nitrogens with one attached hydrogen (secondary N) is 1. The lowest BCUT2D eigenvalue weighted by molar-refractivity contribution is -0.148. The number of carbonyl (C=O) groups is 1. The predicted molar refractivity (Wildman–Crippen MR) is 101 cm³/mol. The van der Waals surface area contributed by atoms with E-state index in [-0.39, 0.29) is 12.0 Å². The van der Waals surface area contributed by atoms with Gasteiger partial charge < -0.3 is 14.5 Å². The first kappa shape index (κ1) is 18.1. The zero-order valence-electron chi connectivity index (χ0n) is 15.1. The molecule has 0 amide bonds. The minimum Gasteiger partial charge on any atom is -0.497 e. The molecule has 2 heterocycles. The molecule has 0 aliphatic rings. The van der Waals surface area contributed by atoms with E-state index in [1.54, 1.807) is 20.1 Å². The number of nitrogens with zero attached hydrogens (tertiary/aromatic N) is 1. The van der Waals surface area contributed by atoms with E-state index in [0.717, 1.165) is 16.0 Å². The standard InChI is InChI=1S/C19H20N2O4S/c1-10-12(3)26-19-16(10)18(23)20-17(21-19)11(2)25-15(22)9-13-6-5-7-14(8-13)24-4/h5-8,11H,9H2,1-4H3,(H,20,21,23)/t11-/m0/s1. The van der Waals surface area contributed by atoms with Crippen LogP contribution in [0.3, 0.4) is 0 Å². The number of thiophene rings is 1. The number of H-pyrrole nitrogens is 1. The molecule has 3 rings (SSSR count). The lowest BCUT2D eigenvalue weighted by Gasteiger charge is -2.13. The van der Waals surface area contributed by atoms with Crippen LogP contribution in [0.15, 0.2) is 29.1 Å². The molecule has 2 aromatic heterocycles. The van der Waals surface area contributed by atoms with Crippen LogP contribution in [-0.4, -0.2) is 23.0 Å². The highest BCUT2D eigenvalue weighted by molar-refractivity contribution is 7.18. The number of ether oxygens (including phenoxy) is 2. The third kappa shape index (κ3) is 3.62. The monoisotopic (exact) mass is 372 g/mol. The summed E-state index contributed by atoms with van der Waals surface area (Å²) in [6.45, 7) is 5.56. The number of hydrogen-bond donors (Lipinski definition) is 1. The second kappa shape index (κ2) is 7.29. The molecule has 0 radical (unpaired) electrons. The highest BCUT2D eigenvalue weighted by Crippen LogP contribution is 2.27. The molecule has 0 saturated carbocycles. The van der Waals surface area contributed by atoms with Crippen molar-refractivity contribution in [2.45, 2.75) is 33.3 Å². The molecule has 1 aromatic carbocycles. The van der Waals surface area contributed by atoms with Crippen LogP contribution in [-0.2, 0) is 16.0 Å². The van der Waals surface area contributed by atoms with E-state index >= 15 is 0 Å². The van der Waals surface area contributed by atoms with Crippen molar-refractivity contribution in [3.05, 3.63) is 56.4 Å².